The van der Waals surface area contributed by atoms with E-state index in [4.69, 9.17) is 21.1 Å². The van der Waals surface area contributed by atoms with Crippen molar-refractivity contribution in [1.29, 1.82) is 0 Å². The Morgan fingerprint density at radius 1 is 1.26 bits per heavy atom. The minimum Gasteiger partial charge on any atom is -0.445 e. The minimum atomic E-state index is -0.294. The first kappa shape index (κ1) is 19.7. The molecule has 0 spiro atoms. The molecule has 1 aliphatic heterocycles. The van der Waals surface area contributed by atoms with Gasteiger partial charge in [-0.3, -0.25) is 0 Å². The predicted octanol–water partition coefficient (Wildman–Crippen LogP) is 3.78. The Balaban J connectivity index is 1.41. The number of nitrogens with zero attached hydrogens (tertiary/aromatic N) is 1. The van der Waals surface area contributed by atoms with E-state index in [2.05, 4.69) is 11.4 Å². The van der Waals surface area contributed by atoms with Crippen LogP contribution in [0.1, 0.15) is 16.7 Å². The molecular formula is C21H25ClN2O3. The van der Waals surface area contributed by atoms with Crippen molar-refractivity contribution in [2.45, 2.75) is 26.2 Å². The maximum Gasteiger partial charge on any atom is 0.410 e. The van der Waals surface area contributed by atoms with E-state index in [0.717, 1.165) is 21.7 Å². The highest BCUT2D eigenvalue weighted by Crippen LogP contribution is 2.16. The van der Waals surface area contributed by atoms with Crippen molar-refractivity contribution in [2.75, 3.05) is 26.2 Å². The van der Waals surface area contributed by atoms with Crippen molar-refractivity contribution in [3.05, 3.63) is 70.2 Å². The molecule has 0 saturated carbocycles. The van der Waals surface area contributed by atoms with E-state index in [1.54, 1.807) is 4.90 Å². The first-order valence-corrected chi connectivity index (χ1v) is 9.52. The van der Waals surface area contributed by atoms with Gasteiger partial charge >= 0.3 is 6.09 Å². The lowest BCUT2D eigenvalue weighted by atomic mass is 10.1. The molecule has 0 aromatic heterocycles. The average Bonchev–Trinajstić information content (AvgIpc) is 2.70. The molecule has 1 saturated heterocycles. The summed E-state index contributed by atoms with van der Waals surface area (Å²) in [4.78, 5) is 14.0. The Bertz CT molecular complexity index is 754. The second kappa shape index (κ2) is 9.74. The van der Waals surface area contributed by atoms with E-state index < -0.39 is 0 Å². The third kappa shape index (κ3) is 5.96. The number of aryl methyl sites for hydroxylation is 1. The first-order valence-electron chi connectivity index (χ1n) is 9.15. The van der Waals surface area contributed by atoms with Crippen LogP contribution in [-0.4, -0.2) is 43.3 Å². The number of carbonyl (C=O) groups excluding carboxylic acids is 1. The number of nitrogens with one attached hydrogen (secondary N) is 1. The molecule has 2 aromatic carbocycles. The lowest BCUT2D eigenvalue weighted by Crippen LogP contribution is -2.49. The molecule has 6 heteroatoms. The molecule has 2 aromatic rings. The third-order valence-electron chi connectivity index (χ3n) is 4.54. The topological polar surface area (TPSA) is 50.8 Å². The molecule has 144 valence electrons. The smallest absolute Gasteiger partial charge is 0.410 e. The number of ether oxygens (including phenoxy) is 2. The predicted molar refractivity (Wildman–Crippen MR) is 106 cm³/mol. The zero-order valence-electron chi connectivity index (χ0n) is 15.5. The number of hydrogen-bond donors (Lipinski definition) is 1. The maximum atomic E-state index is 12.3. The highest BCUT2D eigenvalue weighted by Gasteiger charge is 2.25. The average molecular weight is 389 g/mol. The minimum absolute atomic E-state index is 0.0519. The van der Waals surface area contributed by atoms with E-state index in [0.29, 0.717) is 32.8 Å². The van der Waals surface area contributed by atoms with E-state index in [1.165, 1.54) is 0 Å². The summed E-state index contributed by atoms with van der Waals surface area (Å²) in [6.07, 6.45) is -0.346. The van der Waals surface area contributed by atoms with Gasteiger partial charge in [0.05, 0.1) is 19.3 Å². The van der Waals surface area contributed by atoms with Crippen molar-refractivity contribution < 1.29 is 14.3 Å². The van der Waals surface area contributed by atoms with Crippen molar-refractivity contribution in [1.82, 2.24) is 10.2 Å². The lowest BCUT2D eigenvalue weighted by Gasteiger charge is -2.32. The van der Waals surface area contributed by atoms with Crippen LogP contribution in [-0.2, 0) is 22.6 Å². The number of carbonyl (C=O) groups is 1. The number of benzene rings is 2. The molecule has 1 fully saturated rings. The summed E-state index contributed by atoms with van der Waals surface area (Å²) in [7, 11) is 0. The van der Waals surface area contributed by atoms with Crippen LogP contribution in [0, 0.1) is 6.92 Å². The van der Waals surface area contributed by atoms with Gasteiger partial charge in [-0.25, -0.2) is 4.79 Å². The quantitative estimate of drug-likeness (QED) is 0.818. The Kier molecular flexibility index (Phi) is 7.10. The van der Waals surface area contributed by atoms with Gasteiger partial charge in [0, 0.05) is 24.7 Å². The molecule has 5 nitrogen and oxygen atoms in total. The van der Waals surface area contributed by atoms with Gasteiger partial charge in [0.1, 0.15) is 6.61 Å². The normalized spacial score (nSPS) is 17.0. The van der Waals surface area contributed by atoms with Gasteiger partial charge in [-0.15, -0.1) is 0 Å². The molecule has 27 heavy (non-hydrogen) atoms. The lowest BCUT2D eigenvalue weighted by molar-refractivity contribution is -0.0271. The molecule has 3 rings (SSSR count). The van der Waals surface area contributed by atoms with Crippen LogP contribution in [0.4, 0.5) is 4.79 Å². The van der Waals surface area contributed by atoms with E-state index in [-0.39, 0.29) is 18.8 Å². The fourth-order valence-corrected chi connectivity index (χ4v) is 3.15. The van der Waals surface area contributed by atoms with Gasteiger partial charge in [-0.05, 0) is 29.7 Å². The van der Waals surface area contributed by atoms with Crippen molar-refractivity contribution in [2.24, 2.45) is 0 Å². The van der Waals surface area contributed by atoms with E-state index >= 15 is 0 Å². The molecule has 1 atom stereocenters. The van der Waals surface area contributed by atoms with Gasteiger partial charge in [-0.2, -0.15) is 0 Å². The summed E-state index contributed by atoms with van der Waals surface area (Å²) in [5, 5.41) is 4.15. The standard InChI is InChI=1S/C21H25ClN2O3/c1-16-7-8-18(11-20(16)22)12-23-13-19-14-24(9-10-26-19)21(25)27-15-17-5-3-2-4-6-17/h2-8,11,19,23H,9-10,12-15H2,1H3. The summed E-state index contributed by atoms with van der Waals surface area (Å²) in [5.74, 6) is 0. The van der Waals surface area contributed by atoms with Gasteiger partial charge < -0.3 is 19.7 Å². The fraction of sp³-hybridized carbons (Fsp3) is 0.381. The van der Waals surface area contributed by atoms with Gasteiger partial charge in [0.15, 0.2) is 0 Å². The van der Waals surface area contributed by atoms with Crippen molar-refractivity contribution >= 4 is 17.7 Å². The van der Waals surface area contributed by atoms with Gasteiger partial charge in [0.25, 0.3) is 0 Å². The molecule has 0 aliphatic carbocycles. The van der Waals surface area contributed by atoms with E-state index in [9.17, 15) is 4.79 Å². The Hall–Kier alpha value is -2.08. The molecule has 1 amide bonds. The summed E-state index contributed by atoms with van der Waals surface area (Å²) >= 11 is 6.16. The van der Waals surface area contributed by atoms with Crippen LogP contribution in [0.25, 0.3) is 0 Å². The summed E-state index contributed by atoms with van der Waals surface area (Å²) < 4.78 is 11.2. The summed E-state index contributed by atoms with van der Waals surface area (Å²) in [6, 6.07) is 15.7. The molecule has 1 aliphatic rings. The molecule has 0 bridgehead atoms. The third-order valence-corrected chi connectivity index (χ3v) is 4.95. The molecule has 1 N–H and O–H groups in total. The molecule has 1 heterocycles. The summed E-state index contributed by atoms with van der Waals surface area (Å²) in [5.41, 5.74) is 3.18. The Morgan fingerprint density at radius 2 is 2.07 bits per heavy atom. The van der Waals surface area contributed by atoms with E-state index in [1.807, 2.05) is 49.4 Å². The van der Waals surface area contributed by atoms with Crippen LogP contribution in [0.2, 0.25) is 5.02 Å². The second-order valence-electron chi connectivity index (χ2n) is 6.69. The Morgan fingerprint density at radius 3 is 2.85 bits per heavy atom. The van der Waals surface area contributed by atoms with Crippen LogP contribution < -0.4 is 5.32 Å². The van der Waals surface area contributed by atoms with Crippen LogP contribution >= 0.6 is 11.6 Å². The number of hydrogen-bond acceptors (Lipinski definition) is 4. The van der Waals surface area contributed by atoms with Crippen LogP contribution in [0.5, 0.6) is 0 Å². The number of rotatable bonds is 6. The van der Waals surface area contributed by atoms with Gasteiger partial charge in [0.2, 0.25) is 0 Å². The fourth-order valence-electron chi connectivity index (χ4n) is 2.94. The number of morpholine rings is 1. The van der Waals surface area contributed by atoms with Gasteiger partial charge in [-0.1, -0.05) is 54.1 Å². The second-order valence-corrected chi connectivity index (χ2v) is 7.10. The molecule has 0 radical (unpaired) electrons. The SMILES string of the molecule is Cc1ccc(CNCC2CN(C(=O)OCc3ccccc3)CCO2)cc1Cl. The number of halogens is 1. The van der Waals surface area contributed by atoms with Crippen molar-refractivity contribution in [3.63, 3.8) is 0 Å². The van der Waals surface area contributed by atoms with Crippen LogP contribution in [0.3, 0.4) is 0 Å². The summed E-state index contributed by atoms with van der Waals surface area (Å²) in [6.45, 7) is 5.23. The maximum absolute atomic E-state index is 12.3. The zero-order chi connectivity index (χ0) is 19.1. The highest BCUT2D eigenvalue weighted by molar-refractivity contribution is 6.31. The molecular weight excluding hydrogens is 364 g/mol. The molecule has 1 unspecified atom stereocenters. The van der Waals surface area contributed by atoms with Crippen molar-refractivity contribution in [3.8, 4) is 0 Å². The zero-order valence-corrected chi connectivity index (χ0v) is 16.2. The highest BCUT2D eigenvalue weighted by atomic mass is 35.5. The largest absolute Gasteiger partial charge is 0.445 e. The first-order chi connectivity index (χ1) is 13.1. The number of amides is 1. The Labute approximate surface area is 165 Å². The monoisotopic (exact) mass is 388 g/mol. The van der Waals surface area contributed by atoms with Crippen LogP contribution in [0.15, 0.2) is 48.5 Å².